The monoisotopic (exact) mass is 509 g/mol. The van der Waals surface area contributed by atoms with Gasteiger partial charge in [-0.25, -0.2) is 9.38 Å². The van der Waals surface area contributed by atoms with E-state index in [1.165, 1.54) is 34.7 Å². The molecule has 6 heteroatoms. The van der Waals surface area contributed by atoms with Gasteiger partial charge in [-0.1, -0.05) is 59.9 Å². The molecule has 2 aliphatic rings. The molecule has 1 aliphatic carbocycles. The van der Waals surface area contributed by atoms with Crippen LogP contribution in [-0.4, -0.2) is 17.7 Å². The van der Waals surface area contributed by atoms with Gasteiger partial charge in [-0.15, -0.1) is 0 Å². The van der Waals surface area contributed by atoms with E-state index in [1.54, 1.807) is 16.7 Å². The van der Waals surface area contributed by atoms with Gasteiger partial charge in [0.25, 0.3) is 5.56 Å². The van der Waals surface area contributed by atoms with Crippen molar-refractivity contribution in [1.82, 2.24) is 4.57 Å². The fourth-order valence-corrected chi connectivity index (χ4v) is 6.49. The fraction of sp³-hybridized carbons (Fsp3) is 0.226. The van der Waals surface area contributed by atoms with Crippen molar-refractivity contribution in [3.05, 3.63) is 126 Å². The van der Waals surface area contributed by atoms with E-state index in [4.69, 9.17) is 4.99 Å². The summed E-state index contributed by atoms with van der Waals surface area (Å²) in [6.07, 6.45) is 3.66. The summed E-state index contributed by atoms with van der Waals surface area (Å²) < 4.78 is 16.3. The lowest BCUT2D eigenvalue weighted by molar-refractivity contribution is 0.581. The smallest absolute Gasteiger partial charge is 0.271 e. The number of anilines is 1. The van der Waals surface area contributed by atoms with Crippen molar-refractivity contribution in [2.75, 3.05) is 18.0 Å². The fourth-order valence-electron chi connectivity index (χ4n) is 5.49. The highest BCUT2D eigenvalue weighted by Gasteiger charge is 2.32. The van der Waals surface area contributed by atoms with Gasteiger partial charge >= 0.3 is 0 Å². The maximum atomic E-state index is 13.8. The number of halogens is 1. The summed E-state index contributed by atoms with van der Waals surface area (Å²) in [6.45, 7) is 6.19. The van der Waals surface area contributed by atoms with Gasteiger partial charge in [0.15, 0.2) is 4.80 Å². The minimum absolute atomic E-state index is 0.0590. The third kappa shape index (κ3) is 4.15. The molecule has 37 heavy (non-hydrogen) atoms. The number of nitrogens with zero attached hydrogens (tertiary/aromatic N) is 3. The first-order chi connectivity index (χ1) is 18.1. The molecule has 1 aromatic heterocycles. The average Bonchev–Trinajstić information content (AvgIpc) is 3.24. The van der Waals surface area contributed by atoms with Crippen LogP contribution in [0, 0.1) is 5.82 Å². The topological polar surface area (TPSA) is 37.6 Å². The van der Waals surface area contributed by atoms with Crippen molar-refractivity contribution in [2.24, 2.45) is 4.99 Å². The first-order valence-electron chi connectivity index (χ1n) is 12.8. The zero-order valence-corrected chi connectivity index (χ0v) is 21.8. The molecule has 0 N–H and O–H groups in total. The Hall–Kier alpha value is -3.77. The molecule has 0 amide bonds. The van der Waals surface area contributed by atoms with Gasteiger partial charge < -0.3 is 4.90 Å². The number of aromatic nitrogens is 1. The van der Waals surface area contributed by atoms with Crippen molar-refractivity contribution in [3.8, 4) is 0 Å². The second-order valence-electron chi connectivity index (χ2n) is 9.43. The number of hydrogen-bond acceptors (Lipinski definition) is 4. The second kappa shape index (κ2) is 9.60. The molecule has 0 fully saturated rings. The summed E-state index contributed by atoms with van der Waals surface area (Å²) in [5.41, 5.74) is 7.46. The van der Waals surface area contributed by atoms with E-state index >= 15 is 0 Å². The van der Waals surface area contributed by atoms with E-state index in [0.717, 1.165) is 53.9 Å². The predicted molar refractivity (Wildman–Crippen MR) is 149 cm³/mol. The lowest BCUT2D eigenvalue weighted by Crippen LogP contribution is -2.38. The minimum atomic E-state index is -0.299. The SMILES string of the molecule is CCN(CC)c1ccc(/C=c2/sc3n(c2=O)[C@@H](c2ccc(F)cc2)C2=C(N=3)c3ccccc3CC2)cc1. The number of thiazole rings is 1. The van der Waals surface area contributed by atoms with Gasteiger partial charge in [-0.2, -0.15) is 0 Å². The lowest BCUT2D eigenvalue weighted by atomic mass is 9.83. The van der Waals surface area contributed by atoms with Crippen molar-refractivity contribution >= 4 is 28.8 Å². The highest BCUT2D eigenvalue weighted by Crippen LogP contribution is 2.41. The standard InChI is InChI=1S/C31H28FN3OS/c1-3-34(4-2)24-16-9-20(10-17-24)19-27-30(36)35-29(22-11-14-23(32)15-12-22)26-18-13-21-7-5-6-8-25(21)28(26)33-31(35)37-27/h5-12,14-17,19,29H,3-4,13,18H2,1-2H3/b27-19+/t29-/m0/s1. The number of rotatable bonds is 5. The van der Waals surface area contributed by atoms with Gasteiger partial charge in [0.2, 0.25) is 0 Å². The Morgan fingerprint density at radius 3 is 2.46 bits per heavy atom. The number of hydrogen-bond donors (Lipinski definition) is 0. The van der Waals surface area contributed by atoms with Crippen LogP contribution in [0.5, 0.6) is 0 Å². The summed E-state index contributed by atoms with van der Waals surface area (Å²) in [6, 6.07) is 22.9. The van der Waals surface area contributed by atoms with E-state index in [0.29, 0.717) is 9.33 Å². The average molecular weight is 510 g/mol. The second-order valence-corrected chi connectivity index (χ2v) is 10.4. The highest BCUT2D eigenvalue weighted by molar-refractivity contribution is 7.07. The molecular weight excluding hydrogens is 481 g/mol. The van der Waals surface area contributed by atoms with E-state index in [-0.39, 0.29) is 17.4 Å². The lowest BCUT2D eigenvalue weighted by Gasteiger charge is -2.30. The summed E-state index contributed by atoms with van der Waals surface area (Å²) in [5, 5.41) is 0. The third-order valence-electron chi connectivity index (χ3n) is 7.38. The Labute approximate surface area is 219 Å². The van der Waals surface area contributed by atoms with Crippen LogP contribution in [0.25, 0.3) is 11.8 Å². The Bertz CT molecular complexity index is 1680. The highest BCUT2D eigenvalue weighted by atomic mass is 32.1. The molecule has 0 spiro atoms. The number of fused-ring (bicyclic) bond motifs is 3. The first kappa shape index (κ1) is 23.6. The van der Waals surface area contributed by atoms with Gasteiger partial charge in [0, 0.05) is 24.3 Å². The molecule has 0 bridgehead atoms. The number of benzene rings is 3. The van der Waals surface area contributed by atoms with Crippen LogP contribution < -0.4 is 19.8 Å². The summed E-state index contributed by atoms with van der Waals surface area (Å²) in [7, 11) is 0. The molecule has 0 saturated carbocycles. The van der Waals surface area contributed by atoms with Crippen molar-refractivity contribution in [3.63, 3.8) is 0 Å². The van der Waals surface area contributed by atoms with Gasteiger partial charge in [-0.05, 0) is 79.3 Å². The minimum Gasteiger partial charge on any atom is -0.372 e. The normalized spacial score (nSPS) is 16.6. The molecule has 0 saturated heterocycles. The maximum absolute atomic E-state index is 13.8. The Morgan fingerprint density at radius 2 is 1.73 bits per heavy atom. The third-order valence-corrected chi connectivity index (χ3v) is 8.36. The molecule has 0 unspecified atom stereocenters. The van der Waals surface area contributed by atoms with E-state index in [9.17, 15) is 9.18 Å². The number of aryl methyl sites for hydroxylation is 1. The largest absolute Gasteiger partial charge is 0.372 e. The van der Waals surface area contributed by atoms with Gasteiger partial charge in [0.05, 0.1) is 16.3 Å². The molecular formula is C31H28FN3OS. The molecule has 1 aliphatic heterocycles. The maximum Gasteiger partial charge on any atom is 0.271 e. The van der Waals surface area contributed by atoms with Gasteiger partial charge in [-0.3, -0.25) is 9.36 Å². The van der Waals surface area contributed by atoms with Crippen LogP contribution in [0.1, 0.15) is 48.6 Å². The quantitative estimate of drug-likeness (QED) is 0.366. The number of allylic oxidation sites excluding steroid dienone is 1. The molecule has 186 valence electrons. The van der Waals surface area contributed by atoms with Crippen molar-refractivity contribution in [1.29, 1.82) is 0 Å². The van der Waals surface area contributed by atoms with Crippen LogP contribution in [0.2, 0.25) is 0 Å². The van der Waals surface area contributed by atoms with E-state index in [2.05, 4.69) is 61.2 Å². The first-order valence-corrected chi connectivity index (χ1v) is 13.6. The molecule has 1 atom stereocenters. The predicted octanol–water partition coefficient (Wildman–Crippen LogP) is 5.30. The molecule has 3 aromatic carbocycles. The van der Waals surface area contributed by atoms with Crippen molar-refractivity contribution in [2.45, 2.75) is 32.7 Å². The molecule has 4 nitrogen and oxygen atoms in total. The zero-order valence-electron chi connectivity index (χ0n) is 20.9. The summed E-state index contributed by atoms with van der Waals surface area (Å²) in [5.74, 6) is -0.285. The Balaban J connectivity index is 1.52. The molecule has 4 aromatic rings. The summed E-state index contributed by atoms with van der Waals surface area (Å²) >= 11 is 1.42. The van der Waals surface area contributed by atoms with Crippen LogP contribution in [-0.2, 0) is 6.42 Å². The Morgan fingerprint density at radius 1 is 1.00 bits per heavy atom. The van der Waals surface area contributed by atoms with E-state index in [1.807, 2.05) is 12.1 Å². The zero-order chi connectivity index (χ0) is 25.5. The van der Waals surface area contributed by atoms with Crippen molar-refractivity contribution < 1.29 is 4.39 Å². The van der Waals surface area contributed by atoms with Crippen LogP contribution >= 0.6 is 11.3 Å². The van der Waals surface area contributed by atoms with Crippen LogP contribution in [0.3, 0.4) is 0 Å². The van der Waals surface area contributed by atoms with Gasteiger partial charge in [0.1, 0.15) is 5.82 Å². The summed E-state index contributed by atoms with van der Waals surface area (Å²) in [4.78, 5) is 21.9. The van der Waals surface area contributed by atoms with E-state index < -0.39 is 0 Å². The Kier molecular flexibility index (Phi) is 6.13. The molecule has 0 radical (unpaired) electrons. The van der Waals surface area contributed by atoms with Crippen LogP contribution in [0.4, 0.5) is 10.1 Å². The molecule has 2 heterocycles. The van der Waals surface area contributed by atoms with Crippen LogP contribution in [0.15, 0.2) is 88.2 Å². The molecule has 6 rings (SSSR count).